The minimum absolute atomic E-state index is 0.0111. The van der Waals surface area contributed by atoms with Crippen LogP contribution < -0.4 is 5.32 Å². The lowest BCUT2D eigenvalue weighted by atomic mass is 10.1. The van der Waals surface area contributed by atoms with Crippen molar-refractivity contribution < 1.29 is 4.79 Å². The number of amides is 1. The standard InChI is InChI=1S/C16H19N3O/c1-12-4-5-14(16(20)19(2)3)10-15(12)18-11-13-6-8-17-9-7-13/h4-10,18H,11H2,1-3H3. The summed E-state index contributed by atoms with van der Waals surface area (Å²) in [5.74, 6) is 0.0111. The Kier molecular flexibility index (Phi) is 4.35. The van der Waals surface area contributed by atoms with Crippen LogP contribution in [0.1, 0.15) is 21.5 Å². The highest BCUT2D eigenvalue weighted by molar-refractivity contribution is 5.95. The molecule has 1 heterocycles. The van der Waals surface area contributed by atoms with Gasteiger partial charge in [-0.15, -0.1) is 0 Å². The van der Waals surface area contributed by atoms with Crippen molar-refractivity contribution in [3.05, 3.63) is 59.4 Å². The van der Waals surface area contributed by atoms with E-state index in [1.807, 2.05) is 37.3 Å². The third-order valence-corrected chi connectivity index (χ3v) is 3.12. The van der Waals surface area contributed by atoms with Crippen LogP contribution in [0, 0.1) is 6.92 Å². The number of benzene rings is 1. The van der Waals surface area contributed by atoms with Crippen LogP contribution in [0.4, 0.5) is 5.69 Å². The van der Waals surface area contributed by atoms with E-state index >= 15 is 0 Å². The van der Waals surface area contributed by atoms with Gasteiger partial charge in [0.25, 0.3) is 5.91 Å². The maximum Gasteiger partial charge on any atom is 0.253 e. The number of pyridine rings is 1. The zero-order valence-corrected chi connectivity index (χ0v) is 12.1. The second kappa shape index (κ2) is 6.19. The summed E-state index contributed by atoms with van der Waals surface area (Å²) in [6.07, 6.45) is 3.55. The monoisotopic (exact) mass is 269 g/mol. The second-order valence-corrected chi connectivity index (χ2v) is 4.94. The first-order valence-electron chi connectivity index (χ1n) is 6.53. The molecule has 2 rings (SSSR count). The molecule has 0 radical (unpaired) electrons. The average Bonchev–Trinajstić information content (AvgIpc) is 2.46. The molecule has 4 heteroatoms. The van der Waals surface area contributed by atoms with E-state index in [2.05, 4.69) is 10.3 Å². The number of nitrogens with one attached hydrogen (secondary N) is 1. The van der Waals surface area contributed by atoms with Gasteiger partial charge < -0.3 is 10.2 Å². The Bertz CT molecular complexity index is 594. The minimum atomic E-state index is 0.0111. The molecule has 20 heavy (non-hydrogen) atoms. The molecule has 0 spiro atoms. The van der Waals surface area contributed by atoms with Gasteiger partial charge in [-0.05, 0) is 42.3 Å². The lowest BCUT2D eigenvalue weighted by Gasteiger charge is -2.14. The fourth-order valence-electron chi connectivity index (χ4n) is 1.90. The quantitative estimate of drug-likeness (QED) is 0.928. The minimum Gasteiger partial charge on any atom is -0.381 e. The van der Waals surface area contributed by atoms with Crippen molar-refractivity contribution in [1.82, 2.24) is 9.88 Å². The topological polar surface area (TPSA) is 45.2 Å². The number of aryl methyl sites for hydroxylation is 1. The van der Waals surface area contributed by atoms with Gasteiger partial charge in [0.15, 0.2) is 0 Å². The normalized spacial score (nSPS) is 10.2. The molecule has 0 aliphatic rings. The smallest absolute Gasteiger partial charge is 0.253 e. The summed E-state index contributed by atoms with van der Waals surface area (Å²) >= 11 is 0. The van der Waals surface area contributed by atoms with Gasteiger partial charge in [-0.25, -0.2) is 0 Å². The molecule has 1 aromatic heterocycles. The molecule has 0 saturated heterocycles. The van der Waals surface area contributed by atoms with Crippen LogP contribution in [0.2, 0.25) is 0 Å². The van der Waals surface area contributed by atoms with Gasteiger partial charge in [0, 0.05) is 44.3 Å². The molecule has 0 bridgehead atoms. The Morgan fingerprint density at radius 1 is 1.20 bits per heavy atom. The number of carbonyl (C=O) groups is 1. The zero-order valence-electron chi connectivity index (χ0n) is 12.1. The first kappa shape index (κ1) is 14.1. The van der Waals surface area contributed by atoms with E-state index in [1.54, 1.807) is 31.4 Å². The average molecular weight is 269 g/mol. The highest BCUT2D eigenvalue weighted by Crippen LogP contribution is 2.18. The van der Waals surface area contributed by atoms with Gasteiger partial charge in [0.2, 0.25) is 0 Å². The van der Waals surface area contributed by atoms with Gasteiger partial charge >= 0.3 is 0 Å². The van der Waals surface area contributed by atoms with E-state index in [-0.39, 0.29) is 5.91 Å². The number of hydrogen-bond donors (Lipinski definition) is 1. The summed E-state index contributed by atoms with van der Waals surface area (Å²) in [5.41, 5.74) is 3.95. The predicted molar refractivity (Wildman–Crippen MR) is 80.8 cm³/mol. The molecule has 1 amide bonds. The molecule has 2 aromatic rings. The van der Waals surface area contributed by atoms with E-state index in [1.165, 1.54) is 0 Å². The van der Waals surface area contributed by atoms with Crippen molar-refractivity contribution in [1.29, 1.82) is 0 Å². The molecule has 104 valence electrons. The van der Waals surface area contributed by atoms with Crippen molar-refractivity contribution in [3.63, 3.8) is 0 Å². The van der Waals surface area contributed by atoms with Crippen LogP contribution in [0.5, 0.6) is 0 Å². The highest BCUT2D eigenvalue weighted by Gasteiger charge is 2.09. The molecule has 1 aromatic carbocycles. The summed E-state index contributed by atoms with van der Waals surface area (Å²) in [5, 5.41) is 3.36. The maximum atomic E-state index is 12.0. The number of hydrogen-bond acceptors (Lipinski definition) is 3. The van der Waals surface area contributed by atoms with Crippen molar-refractivity contribution in [3.8, 4) is 0 Å². The number of anilines is 1. The first-order valence-corrected chi connectivity index (χ1v) is 6.53. The highest BCUT2D eigenvalue weighted by atomic mass is 16.2. The summed E-state index contributed by atoms with van der Waals surface area (Å²) in [7, 11) is 3.51. The molecule has 0 atom stereocenters. The van der Waals surface area contributed by atoms with E-state index in [9.17, 15) is 4.79 Å². The number of nitrogens with zero attached hydrogens (tertiary/aromatic N) is 2. The fraction of sp³-hybridized carbons (Fsp3) is 0.250. The third-order valence-electron chi connectivity index (χ3n) is 3.12. The Morgan fingerprint density at radius 3 is 2.55 bits per heavy atom. The summed E-state index contributed by atoms with van der Waals surface area (Å²) in [6, 6.07) is 9.66. The van der Waals surface area contributed by atoms with E-state index in [0.717, 1.165) is 16.8 Å². The Morgan fingerprint density at radius 2 is 1.90 bits per heavy atom. The Balaban J connectivity index is 2.15. The molecule has 0 saturated carbocycles. The predicted octanol–water partition coefficient (Wildman–Crippen LogP) is 2.70. The van der Waals surface area contributed by atoms with Gasteiger partial charge in [0.1, 0.15) is 0 Å². The van der Waals surface area contributed by atoms with E-state index in [4.69, 9.17) is 0 Å². The summed E-state index contributed by atoms with van der Waals surface area (Å²) in [4.78, 5) is 17.5. The van der Waals surface area contributed by atoms with Gasteiger partial charge in [-0.1, -0.05) is 6.07 Å². The number of carbonyl (C=O) groups excluding carboxylic acids is 1. The van der Waals surface area contributed by atoms with Gasteiger partial charge in [-0.2, -0.15) is 0 Å². The van der Waals surface area contributed by atoms with Crippen LogP contribution in [-0.2, 0) is 6.54 Å². The first-order chi connectivity index (χ1) is 9.58. The largest absolute Gasteiger partial charge is 0.381 e. The molecule has 0 aliphatic carbocycles. The lowest BCUT2D eigenvalue weighted by Crippen LogP contribution is -2.21. The number of rotatable bonds is 4. The van der Waals surface area contributed by atoms with E-state index < -0.39 is 0 Å². The van der Waals surface area contributed by atoms with Crippen molar-refractivity contribution in [2.24, 2.45) is 0 Å². The Labute approximate surface area is 119 Å². The van der Waals surface area contributed by atoms with Crippen LogP contribution in [0.3, 0.4) is 0 Å². The second-order valence-electron chi connectivity index (χ2n) is 4.94. The summed E-state index contributed by atoms with van der Waals surface area (Å²) < 4.78 is 0. The molecule has 4 nitrogen and oxygen atoms in total. The third kappa shape index (κ3) is 3.35. The lowest BCUT2D eigenvalue weighted by molar-refractivity contribution is 0.0827. The van der Waals surface area contributed by atoms with Crippen molar-refractivity contribution >= 4 is 11.6 Å². The Hall–Kier alpha value is -2.36. The fourth-order valence-corrected chi connectivity index (χ4v) is 1.90. The molecule has 0 aliphatic heterocycles. The van der Waals surface area contributed by atoms with Crippen LogP contribution >= 0.6 is 0 Å². The molecule has 0 fully saturated rings. The zero-order chi connectivity index (χ0) is 14.5. The van der Waals surface area contributed by atoms with Crippen molar-refractivity contribution in [2.75, 3.05) is 19.4 Å². The molecule has 0 unspecified atom stereocenters. The number of aromatic nitrogens is 1. The van der Waals surface area contributed by atoms with E-state index in [0.29, 0.717) is 12.1 Å². The van der Waals surface area contributed by atoms with Gasteiger partial charge in [-0.3, -0.25) is 9.78 Å². The van der Waals surface area contributed by atoms with Crippen LogP contribution in [-0.4, -0.2) is 29.9 Å². The molecule has 1 N–H and O–H groups in total. The SMILES string of the molecule is Cc1ccc(C(=O)N(C)C)cc1NCc1ccncc1. The van der Waals surface area contributed by atoms with Crippen LogP contribution in [0.25, 0.3) is 0 Å². The maximum absolute atomic E-state index is 12.0. The molecular formula is C16H19N3O. The summed E-state index contributed by atoms with van der Waals surface area (Å²) in [6.45, 7) is 2.74. The van der Waals surface area contributed by atoms with Crippen molar-refractivity contribution in [2.45, 2.75) is 13.5 Å². The van der Waals surface area contributed by atoms with Gasteiger partial charge in [0.05, 0.1) is 0 Å². The molecular weight excluding hydrogens is 250 g/mol. The van der Waals surface area contributed by atoms with Crippen LogP contribution in [0.15, 0.2) is 42.7 Å².